The molecular formula is C12H7BrCl3N5. The first-order valence-corrected chi connectivity index (χ1v) is 7.67. The summed E-state index contributed by atoms with van der Waals surface area (Å²) in [6, 6.07) is 5.40. The van der Waals surface area contributed by atoms with Gasteiger partial charge in [0.25, 0.3) is 0 Å². The number of hydrogen-bond acceptors (Lipinski definition) is 4. The van der Waals surface area contributed by atoms with Gasteiger partial charge in [-0.25, -0.2) is 4.98 Å². The van der Waals surface area contributed by atoms with Gasteiger partial charge in [-0.05, 0) is 33.6 Å². The first-order valence-electron chi connectivity index (χ1n) is 5.74. The van der Waals surface area contributed by atoms with Crippen molar-refractivity contribution in [2.45, 2.75) is 6.54 Å². The van der Waals surface area contributed by atoms with E-state index in [4.69, 9.17) is 40.5 Å². The first-order chi connectivity index (χ1) is 9.95. The third-order valence-corrected chi connectivity index (χ3v) is 4.46. The maximum absolute atomic E-state index is 6.03. The number of aromatic nitrogens is 4. The fourth-order valence-corrected chi connectivity index (χ4v) is 2.92. The van der Waals surface area contributed by atoms with Crippen molar-refractivity contribution < 1.29 is 0 Å². The number of rotatable bonds is 2. The number of anilines is 1. The molecule has 0 atom stereocenters. The topological polar surface area (TPSA) is 69.6 Å². The van der Waals surface area contributed by atoms with E-state index in [1.165, 1.54) is 0 Å². The summed E-state index contributed by atoms with van der Waals surface area (Å²) < 4.78 is 2.39. The third-order valence-electron chi connectivity index (χ3n) is 2.85. The van der Waals surface area contributed by atoms with Gasteiger partial charge in [-0.15, -0.1) is 0 Å². The van der Waals surface area contributed by atoms with Gasteiger partial charge >= 0.3 is 0 Å². The first kappa shape index (κ1) is 14.8. The molecule has 0 aliphatic carbocycles. The molecule has 21 heavy (non-hydrogen) atoms. The molecule has 0 bridgehead atoms. The van der Waals surface area contributed by atoms with Gasteiger partial charge in [0.15, 0.2) is 15.5 Å². The zero-order valence-electron chi connectivity index (χ0n) is 10.3. The Morgan fingerprint density at radius 3 is 2.57 bits per heavy atom. The molecule has 3 rings (SSSR count). The predicted molar refractivity (Wildman–Crippen MR) is 88.0 cm³/mol. The molecule has 0 saturated carbocycles. The van der Waals surface area contributed by atoms with E-state index in [1.54, 1.807) is 12.1 Å². The molecule has 3 aromatic rings. The molecule has 0 aliphatic rings. The van der Waals surface area contributed by atoms with Crippen LogP contribution in [-0.4, -0.2) is 19.5 Å². The Morgan fingerprint density at radius 2 is 1.86 bits per heavy atom. The van der Waals surface area contributed by atoms with Crippen LogP contribution in [0.15, 0.2) is 22.9 Å². The van der Waals surface area contributed by atoms with Crippen LogP contribution in [0.25, 0.3) is 11.2 Å². The molecule has 0 fully saturated rings. The average molecular weight is 407 g/mol. The largest absolute Gasteiger partial charge is 0.368 e. The molecule has 0 amide bonds. The number of imidazole rings is 1. The molecule has 0 radical (unpaired) electrons. The highest BCUT2D eigenvalue weighted by Gasteiger charge is 2.15. The highest BCUT2D eigenvalue weighted by molar-refractivity contribution is 9.10. The van der Waals surface area contributed by atoms with Crippen LogP contribution < -0.4 is 5.73 Å². The quantitative estimate of drug-likeness (QED) is 0.511. The second-order valence-corrected chi connectivity index (χ2v) is 6.14. The van der Waals surface area contributed by atoms with Crippen molar-refractivity contribution in [2.24, 2.45) is 0 Å². The smallest absolute Gasteiger partial charge is 0.223 e. The minimum Gasteiger partial charge on any atom is -0.368 e. The van der Waals surface area contributed by atoms with Crippen molar-refractivity contribution in [2.75, 3.05) is 5.73 Å². The number of nitrogens with zero attached hydrogens (tertiary/aromatic N) is 4. The number of nitrogen functional groups attached to an aromatic ring is 1. The minimum absolute atomic E-state index is 0.0929. The SMILES string of the molecule is Nc1nc(Cl)c2nc(Br)n(Cc3ccc(Cl)c(Cl)c3)c2n1. The van der Waals surface area contributed by atoms with E-state index in [0.717, 1.165) is 5.56 Å². The third kappa shape index (κ3) is 2.81. The summed E-state index contributed by atoms with van der Waals surface area (Å²) in [4.78, 5) is 12.4. The Bertz CT molecular complexity index is 849. The zero-order valence-corrected chi connectivity index (χ0v) is 14.2. The van der Waals surface area contributed by atoms with E-state index < -0.39 is 0 Å². The lowest BCUT2D eigenvalue weighted by Gasteiger charge is -2.07. The van der Waals surface area contributed by atoms with E-state index in [1.807, 2.05) is 10.6 Å². The molecule has 108 valence electrons. The fraction of sp³-hybridized carbons (Fsp3) is 0.0833. The summed E-state index contributed by atoms with van der Waals surface area (Å²) in [5.74, 6) is 0.0929. The summed E-state index contributed by atoms with van der Waals surface area (Å²) in [5, 5.41) is 1.21. The van der Waals surface area contributed by atoms with Crippen LogP contribution in [0.4, 0.5) is 5.95 Å². The van der Waals surface area contributed by atoms with Crippen molar-refractivity contribution in [1.29, 1.82) is 0 Å². The van der Waals surface area contributed by atoms with Crippen LogP contribution in [0.1, 0.15) is 5.56 Å². The molecular weight excluding hydrogens is 400 g/mol. The van der Waals surface area contributed by atoms with Crippen molar-refractivity contribution in [3.63, 3.8) is 0 Å². The van der Waals surface area contributed by atoms with E-state index in [0.29, 0.717) is 32.5 Å². The van der Waals surface area contributed by atoms with Gasteiger partial charge in [-0.2, -0.15) is 9.97 Å². The molecule has 0 aliphatic heterocycles. The Kier molecular flexibility index (Phi) is 3.96. The van der Waals surface area contributed by atoms with E-state index in [2.05, 4.69) is 30.9 Å². The van der Waals surface area contributed by atoms with Gasteiger partial charge in [0.1, 0.15) is 5.52 Å². The molecule has 0 saturated heterocycles. The minimum atomic E-state index is 0.0929. The van der Waals surface area contributed by atoms with Crippen LogP contribution in [0.5, 0.6) is 0 Å². The summed E-state index contributed by atoms with van der Waals surface area (Å²) in [7, 11) is 0. The Morgan fingerprint density at radius 1 is 1.10 bits per heavy atom. The standard InChI is InChI=1S/C12H7BrCl3N5/c13-11-18-8-9(16)19-12(17)20-10(8)21(11)4-5-1-2-6(14)7(15)3-5/h1-3H,4H2,(H2,17,19,20). The molecule has 1 aromatic carbocycles. The second-order valence-electron chi connectivity index (χ2n) is 4.26. The Hall–Kier alpha value is -1.08. The van der Waals surface area contributed by atoms with E-state index in [-0.39, 0.29) is 11.1 Å². The summed E-state index contributed by atoms with van der Waals surface area (Å²) in [5.41, 5.74) is 7.61. The van der Waals surface area contributed by atoms with Crippen LogP contribution in [-0.2, 0) is 6.54 Å². The summed E-state index contributed by atoms with van der Waals surface area (Å²) in [6.45, 7) is 0.487. The summed E-state index contributed by atoms with van der Waals surface area (Å²) in [6.07, 6.45) is 0. The number of halogens is 4. The van der Waals surface area contributed by atoms with Crippen LogP contribution >= 0.6 is 50.7 Å². The lowest BCUT2D eigenvalue weighted by atomic mass is 10.2. The lowest BCUT2D eigenvalue weighted by molar-refractivity contribution is 0.791. The normalized spacial score (nSPS) is 11.2. The van der Waals surface area contributed by atoms with Gasteiger partial charge in [0.2, 0.25) is 5.95 Å². The monoisotopic (exact) mass is 405 g/mol. The summed E-state index contributed by atoms with van der Waals surface area (Å²) >= 11 is 21.4. The molecule has 2 N–H and O–H groups in total. The molecule has 2 heterocycles. The molecule has 0 unspecified atom stereocenters. The van der Waals surface area contributed by atoms with E-state index in [9.17, 15) is 0 Å². The number of fused-ring (bicyclic) bond motifs is 1. The maximum atomic E-state index is 6.03. The lowest BCUT2D eigenvalue weighted by Crippen LogP contribution is -2.03. The fourth-order valence-electron chi connectivity index (χ4n) is 1.92. The predicted octanol–water partition coefficient (Wildman–Crippen LogP) is 4.18. The maximum Gasteiger partial charge on any atom is 0.223 e. The van der Waals surface area contributed by atoms with Crippen molar-refractivity contribution in [1.82, 2.24) is 19.5 Å². The molecule has 9 heteroatoms. The van der Waals surface area contributed by atoms with Crippen molar-refractivity contribution in [3.8, 4) is 0 Å². The number of benzene rings is 1. The number of hydrogen-bond donors (Lipinski definition) is 1. The Labute approximate surface area is 143 Å². The van der Waals surface area contributed by atoms with Crippen LogP contribution in [0.2, 0.25) is 15.2 Å². The van der Waals surface area contributed by atoms with E-state index >= 15 is 0 Å². The highest BCUT2D eigenvalue weighted by Crippen LogP contribution is 2.27. The second kappa shape index (κ2) is 5.61. The molecule has 5 nitrogen and oxygen atoms in total. The average Bonchev–Trinajstić information content (AvgIpc) is 2.72. The van der Waals surface area contributed by atoms with Gasteiger partial charge in [0.05, 0.1) is 16.6 Å². The van der Waals surface area contributed by atoms with Gasteiger partial charge in [-0.3, -0.25) is 4.57 Å². The molecule has 2 aromatic heterocycles. The van der Waals surface area contributed by atoms with Crippen LogP contribution in [0, 0.1) is 0 Å². The highest BCUT2D eigenvalue weighted by atomic mass is 79.9. The van der Waals surface area contributed by atoms with Gasteiger partial charge in [0, 0.05) is 0 Å². The van der Waals surface area contributed by atoms with Gasteiger partial charge in [-0.1, -0.05) is 40.9 Å². The Balaban J connectivity index is 2.11. The number of nitrogens with two attached hydrogens (primary N) is 1. The zero-order chi connectivity index (χ0) is 15.1. The van der Waals surface area contributed by atoms with Gasteiger partial charge < -0.3 is 5.73 Å². The molecule has 0 spiro atoms. The van der Waals surface area contributed by atoms with Crippen molar-refractivity contribution in [3.05, 3.63) is 43.7 Å². The van der Waals surface area contributed by atoms with Crippen LogP contribution in [0.3, 0.4) is 0 Å². The van der Waals surface area contributed by atoms with Crippen molar-refractivity contribution >= 4 is 67.8 Å².